The Morgan fingerprint density at radius 3 is 2.61 bits per heavy atom. The fraction of sp³-hybridized carbons (Fsp3) is 0.100. The number of carbonyl (C=O) groups is 2. The molecule has 2 aromatic carbocycles. The van der Waals surface area contributed by atoms with Crippen molar-refractivity contribution < 1.29 is 22.8 Å². The average Bonchev–Trinajstić information content (AvgIpc) is 3.21. The van der Waals surface area contributed by atoms with Gasteiger partial charge in [0.1, 0.15) is 17.4 Å². The second kappa shape index (κ2) is 9.18. The normalized spacial score (nSPS) is 10.5. The molecule has 0 bridgehead atoms. The molecule has 0 radical (unpaired) electrons. The minimum absolute atomic E-state index is 0.0932. The standard InChI is InChI=1S/C20H16F2N2O3S/c21-13-7-8-17(16(22)10-13)24-20(26)15-5-1-2-6-18(15)28-12-19(25)23-11-14-4-3-9-27-14/h1-10H,11-12H2,(H,23,25)(H,24,26). The van der Waals surface area contributed by atoms with Crippen molar-refractivity contribution >= 4 is 29.3 Å². The summed E-state index contributed by atoms with van der Waals surface area (Å²) in [5, 5.41) is 5.14. The minimum Gasteiger partial charge on any atom is -0.467 e. The van der Waals surface area contributed by atoms with Crippen LogP contribution in [0.15, 0.2) is 70.2 Å². The van der Waals surface area contributed by atoms with E-state index in [1.54, 1.807) is 36.4 Å². The molecular formula is C20H16F2N2O3S. The molecule has 144 valence electrons. The second-order valence-electron chi connectivity index (χ2n) is 5.72. The van der Waals surface area contributed by atoms with Crippen molar-refractivity contribution in [2.45, 2.75) is 11.4 Å². The van der Waals surface area contributed by atoms with Crippen LogP contribution in [0.3, 0.4) is 0 Å². The van der Waals surface area contributed by atoms with Gasteiger partial charge in [-0.1, -0.05) is 12.1 Å². The van der Waals surface area contributed by atoms with Crippen LogP contribution in [0.1, 0.15) is 16.1 Å². The van der Waals surface area contributed by atoms with Crippen LogP contribution in [-0.4, -0.2) is 17.6 Å². The number of nitrogens with one attached hydrogen (secondary N) is 2. The van der Waals surface area contributed by atoms with Gasteiger partial charge in [-0.2, -0.15) is 0 Å². The predicted octanol–water partition coefficient (Wildman–Crippen LogP) is 4.22. The van der Waals surface area contributed by atoms with Gasteiger partial charge in [-0.05, 0) is 36.4 Å². The van der Waals surface area contributed by atoms with Crippen LogP contribution in [0.5, 0.6) is 0 Å². The molecule has 0 aliphatic heterocycles. The molecule has 0 saturated heterocycles. The van der Waals surface area contributed by atoms with Crippen molar-refractivity contribution in [3.63, 3.8) is 0 Å². The summed E-state index contributed by atoms with van der Waals surface area (Å²) in [6.45, 7) is 0.276. The van der Waals surface area contributed by atoms with Gasteiger partial charge in [-0.15, -0.1) is 11.8 Å². The molecule has 0 spiro atoms. The third-order valence-electron chi connectivity index (χ3n) is 3.71. The van der Waals surface area contributed by atoms with E-state index in [-0.39, 0.29) is 29.5 Å². The van der Waals surface area contributed by atoms with Crippen molar-refractivity contribution in [2.24, 2.45) is 0 Å². The molecule has 1 aromatic heterocycles. The van der Waals surface area contributed by atoms with Crippen molar-refractivity contribution in [1.82, 2.24) is 5.32 Å². The van der Waals surface area contributed by atoms with Crippen LogP contribution in [0.2, 0.25) is 0 Å². The Labute approximate surface area is 164 Å². The summed E-state index contributed by atoms with van der Waals surface area (Å²) in [5.41, 5.74) is 0.164. The molecule has 2 N–H and O–H groups in total. The molecule has 28 heavy (non-hydrogen) atoms. The zero-order valence-electron chi connectivity index (χ0n) is 14.6. The Kier molecular flexibility index (Phi) is 6.44. The molecule has 8 heteroatoms. The quantitative estimate of drug-likeness (QED) is 0.581. The van der Waals surface area contributed by atoms with E-state index in [4.69, 9.17) is 4.42 Å². The van der Waals surface area contributed by atoms with Crippen molar-refractivity contribution in [2.75, 3.05) is 11.1 Å². The molecule has 3 aromatic rings. The van der Waals surface area contributed by atoms with Gasteiger partial charge in [0.25, 0.3) is 5.91 Å². The third-order valence-corrected chi connectivity index (χ3v) is 4.78. The van der Waals surface area contributed by atoms with Gasteiger partial charge in [0.05, 0.1) is 29.8 Å². The predicted molar refractivity (Wildman–Crippen MR) is 102 cm³/mol. The van der Waals surface area contributed by atoms with Crippen molar-refractivity contribution in [3.05, 3.63) is 83.8 Å². The fourth-order valence-corrected chi connectivity index (χ4v) is 3.23. The van der Waals surface area contributed by atoms with E-state index in [1.807, 2.05) is 0 Å². The topological polar surface area (TPSA) is 71.3 Å². The fourth-order valence-electron chi connectivity index (χ4n) is 2.35. The zero-order chi connectivity index (χ0) is 19.9. The van der Waals surface area contributed by atoms with Gasteiger partial charge in [-0.3, -0.25) is 9.59 Å². The van der Waals surface area contributed by atoms with E-state index in [0.29, 0.717) is 16.7 Å². The molecule has 2 amide bonds. The summed E-state index contributed by atoms with van der Waals surface area (Å²) in [5.74, 6) is -1.64. The first-order chi connectivity index (χ1) is 13.5. The highest BCUT2D eigenvalue weighted by Gasteiger charge is 2.15. The summed E-state index contributed by atoms with van der Waals surface area (Å²) in [6, 6.07) is 13.1. The summed E-state index contributed by atoms with van der Waals surface area (Å²) in [6.07, 6.45) is 1.52. The summed E-state index contributed by atoms with van der Waals surface area (Å²) < 4.78 is 31.9. The maximum atomic E-state index is 13.8. The lowest BCUT2D eigenvalue weighted by Crippen LogP contribution is -2.24. The Bertz CT molecular complexity index is 977. The number of hydrogen-bond acceptors (Lipinski definition) is 4. The highest BCUT2D eigenvalue weighted by atomic mass is 32.2. The monoisotopic (exact) mass is 402 g/mol. The molecule has 0 aliphatic carbocycles. The van der Waals surface area contributed by atoms with E-state index >= 15 is 0 Å². The van der Waals surface area contributed by atoms with Gasteiger partial charge >= 0.3 is 0 Å². The van der Waals surface area contributed by atoms with Gasteiger partial charge in [0, 0.05) is 11.0 Å². The van der Waals surface area contributed by atoms with Crippen molar-refractivity contribution in [1.29, 1.82) is 0 Å². The zero-order valence-corrected chi connectivity index (χ0v) is 15.4. The Morgan fingerprint density at radius 1 is 1.04 bits per heavy atom. The number of hydrogen-bond donors (Lipinski definition) is 2. The van der Waals surface area contributed by atoms with Crippen LogP contribution in [0.4, 0.5) is 14.5 Å². The molecule has 1 heterocycles. The first kappa shape index (κ1) is 19.6. The molecule has 0 aliphatic rings. The number of thioether (sulfide) groups is 1. The highest BCUT2D eigenvalue weighted by Crippen LogP contribution is 2.24. The molecule has 0 atom stereocenters. The third kappa shape index (κ3) is 5.20. The van der Waals surface area contributed by atoms with E-state index in [2.05, 4.69) is 10.6 Å². The number of benzene rings is 2. The van der Waals surface area contributed by atoms with E-state index in [1.165, 1.54) is 18.0 Å². The SMILES string of the molecule is O=C(CSc1ccccc1C(=O)Nc1ccc(F)cc1F)NCc1ccco1. The number of halogens is 2. The van der Waals surface area contributed by atoms with E-state index < -0.39 is 17.5 Å². The molecule has 0 saturated carbocycles. The molecule has 5 nitrogen and oxygen atoms in total. The van der Waals surface area contributed by atoms with Gasteiger partial charge < -0.3 is 15.1 Å². The van der Waals surface area contributed by atoms with Crippen LogP contribution in [-0.2, 0) is 11.3 Å². The first-order valence-corrected chi connectivity index (χ1v) is 9.29. The summed E-state index contributed by atoms with van der Waals surface area (Å²) >= 11 is 1.18. The van der Waals surface area contributed by atoms with Crippen LogP contribution < -0.4 is 10.6 Å². The van der Waals surface area contributed by atoms with E-state index in [0.717, 1.165) is 12.1 Å². The number of rotatable bonds is 7. The number of anilines is 1. The van der Waals surface area contributed by atoms with E-state index in [9.17, 15) is 18.4 Å². The molecule has 0 unspecified atom stereocenters. The van der Waals surface area contributed by atoms with Gasteiger partial charge in [0.2, 0.25) is 5.91 Å². The maximum absolute atomic E-state index is 13.8. The highest BCUT2D eigenvalue weighted by molar-refractivity contribution is 8.00. The van der Waals surface area contributed by atoms with Gasteiger partial charge in [-0.25, -0.2) is 8.78 Å². The smallest absolute Gasteiger partial charge is 0.256 e. The lowest BCUT2D eigenvalue weighted by atomic mass is 10.2. The van der Waals surface area contributed by atoms with Gasteiger partial charge in [0.15, 0.2) is 0 Å². The first-order valence-electron chi connectivity index (χ1n) is 8.30. The molecule has 0 fully saturated rings. The van der Waals surface area contributed by atoms with Crippen LogP contribution in [0, 0.1) is 11.6 Å². The lowest BCUT2D eigenvalue weighted by Gasteiger charge is -2.10. The number of furan rings is 1. The minimum atomic E-state index is -0.865. The maximum Gasteiger partial charge on any atom is 0.256 e. The Morgan fingerprint density at radius 2 is 1.86 bits per heavy atom. The van der Waals surface area contributed by atoms with Crippen LogP contribution in [0.25, 0.3) is 0 Å². The van der Waals surface area contributed by atoms with Crippen molar-refractivity contribution in [3.8, 4) is 0 Å². The molecule has 3 rings (SSSR count). The number of carbonyl (C=O) groups excluding carboxylic acids is 2. The Balaban J connectivity index is 1.61. The summed E-state index contributed by atoms with van der Waals surface area (Å²) in [4.78, 5) is 25.1. The molecular weight excluding hydrogens is 386 g/mol. The number of amides is 2. The second-order valence-corrected chi connectivity index (χ2v) is 6.74. The van der Waals surface area contributed by atoms with Crippen LogP contribution >= 0.6 is 11.8 Å². The average molecular weight is 402 g/mol. The lowest BCUT2D eigenvalue weighted by molar-refractivity contribution is -0.118. The summed E-state index contributed by atoms with van der Waals surface area (Å²) in [7, 11) is 0. The Hall–Kier alpha value is -3.13. The largest absolute Gasteiger partial charge is 0.467 e.